The first kappa shape index (κ1) is 12.3. The number of aromatic nitrogens is 1. The number of carboxylic acids is 1. The molecule has 0 atom stereocenters. The van der Waals surface area contributed by atoms with Gasteiger partial charge in [-0.05, 0) is 25.0 Å². The molecule has 1 fully saturated rings. The lowest BCUT2D eigenvalue weighted by molar-refractivity contribution is 0.0690. The van der Waals surface area contributed by atoms with Crippen LogP contribution in [0.3, 0.4) is 0 Å². The van der Waals surface area contributed by atoms with Crippen molar-refractivity contribution in [3.63, 3.8) is 0 Å². The van der Waals surface area contributed by atoms with Crippen molar-refractivity contribution >= 4 is 11.9 Å². The molecule has 1 aliphatic rings. The number of amides is 1. The maximum Gasteiger partial charge on any atom is 0.354 e. The summed E-state index contributed by atoms with van der Waals surface area (Å²) in [5.41, 5.74) is 0.242. The number of aromatic carboxylic acids is 1. The summed E-state index contributed by atoms with van der Waals surface area (Å²) in [6.07, 6.45) is 5.01. The summed E-state index contributed by atoms with van der Waals surface area (Å²) in [6, 6.07) is 3.10. The molecule has 0 spiro atoms. The molecule has 0 unspecified atom stereocenters. The van der Waals surface area contributed by atoms with Crippen molar-refractivity contribution < 1.29 is 14.7 Å². The third-order valence-corrected chi connectivity index (χ3v) is 2.80. The average molecular weight is 246 g/mol. The van der Waals surface area contributed by atoms with Crippen LogP contribution in [-0.2, 0) is 0 Å². The van der Waals surface area contributed by atoms with Crippen molar-refractivity contribution in [1.82, 2.24) is 9.88 Å². The number of hydrogen-bond donors (Lipinski definition) is 1. The molecule has 1 aromatic rings. The van der Waals surface area contributed by atoms with Crippen LogP contribution in [0.5, 0.6) is 0 Å². The van der Waals surface area contributed by atoms with E-state index in [1.165, 1.54) is 18.3 Å². The van der Waals surface area contributed by atoms with Crippen molar-refractivity contribution in [1.29, 1.82) is 0 Å². The van der Waals surface area contributed by atoms with E-state index < -0.39 is 5.97 Å². The predicted octanol–water partition coefficient (Wildman–Crippen LogP) is 1.57. The summed E-state index contributed by atoms with van der Waals surface area (Å²) in [4.78, 5) is 28.5. The Morgan fingerprint density at radius 2 is 2.28 bits per heavy atom. The van der Waals surface area contributed by atoms with Crippen molar-refractivity contribution in [2.24, 2.45) is 0 Å². The lowest BCUT2D eigenvalue weighted by Crippen LogP contribution is -2.33. The number of pyridine rings is 1. The highest BCUT2D eigenvalue weighted by atomic mass is 16.4. The van der Waals surface area contributed by atoms with Crippen LogP contribution in [0.4, 0.5) is 0 Å². The number of carbonyl (C=O) groups is 2. The Labute approximate surface area is 105 Å². The average Bonchev–Trinajstić information content (AvgIpc) is 3.19. The molecule has 1 aliphatic carbocycles. The topological polar surface area (TPSA) is 70.5 Å². The van der Waals surface area contributed by atoms with Gasteiger partial charge in [0.25, 0.3) is 5.91 Å². The number of rotatable bonds is 5. The molecule has 1 N–H and O–H groups in total. The molecule has 0 aromatic carbocycles. The first-order valence-electron chi connectivity index (χ1n) is 5.74. The van der Waals surface area contributed by atoms with Gasteiger partial charge in [0.05, 0.1) is 0 Å². The zero-order chi connectivity index (χ0) is 13.1. The molecule has 5 nitrogen and oxygen atoms in total. The van der Waals surface area contributed by atoms with E-state index in [2.05, 4.69) is 11.6 Å². The largest absolute Gasteiger partial charge is 0.477 e. The SMILES string of the molecule is C=CCN(C(=O)c1ccnc(C(=O)O)c1)C1CC1. The lowest BCUT2D eigenvalue weighted by Gasteiger charge is -2.20. The summed E-state index contributed by atoms with van der Waals surface area (Å²) in [5.74, 6) is -1.30. The second kappa shape index (κ2) is 5.00. The third kappa shape index (κ3) is 2.56. The minimum absolute atomic E-state index is 0.116. The number of hydrogen-bond acceptors (Lipinski definition) is 3. The van der Waals surface area contributed by atoms with Gasteiger partial charge in [-0.15, -0.1) is 6.58 Å². The van der Waals surface area contributed by atoms with Gasteiger partial charge in [-0.2, -0.15) is 0 Å². The van der Waals surface area contributed by atoms with Gasteiger partial charge in [0, 0.05) is 24.3 Å². The molecule has 18 heavy (non-hydrogen) atoms. The van der Waals surface area contributed by atoms with Crippen LogP contribution in [0.1, 0.15) is 33.7 Å². The smallest absolute Gasteiger partial charge is 0.354 e. The van der Waals surface area contributed by atoms with Gasteiger partial charge >= 0.3 is 5.97 Å². The molecule has 1 aromatic heterocycles. The summed E-state index contributed by atoms with van der Waals surface area (Å²) in [6.45, 7) is 4.11. The molecule has 1 saturated carbocycles. The summed E-state index contributed by atoms with van der Waals surface area (Å²) in [7, 11) is 0. The van der Waals surface area contributed by atoms with E-state index >= 15 is 0 Å². The van der Waals surface area contributed by atoms with E-state index in [9.17, 15) is 9.59 Å². The lowest BCUT2D eigenvalue weighted by atomic mass is 10.2. The molecule has 94 valence electrons. The zero-order valence-corrected chi connectivity index (χ0v) is 9.87. The predicted molar refractivity (Wildman–Crippen MR) is 65.5 cm³/mol. The molecule has 5 heteroatoms. The zero-order valence-electron chi connectivity index (χ0n) is 9.87. The maximum atomic E-state index is 12.2. The van der Waals surface area contributed by atoms with E-state index in [1.54, 1.807) is 11.0 Å². The second-order valence-corrected chi connectivity index (χ2v) is 4.21. The highest BCUT2D eigenvalue weighted by Gasteiger charge is 2.32. The Morgan fingerprint density at radius 1 is 1.56 bits per heavy atom. The molecule has 0 bridgehead atoms. The fraction of sp³-hybridized carbons (Fsp3) is 0.308. The van der Waals surface area contributed by atoms with Gasteiger partial charge < -0.3 is 10.0 Å². The van der Waals surface area contributed by atoms with Crippen LogP contribution in [0.25, 0.3) is 0 Å². The van der Waals surface area contributed by atoms with Crippen molar-refractivity contribution in [2.45, 2.75) is 18.9 Å². The normalized spacial score (nSPS) is 14.0. The van der Waals surface area contributed by atoms with E-state index in [4.69, 9.17) is 5.11 Å². The quantitative estimate of drug-likeness (QED) is 0.800. The van der Waals surface area contributed by atoms with E-state index in [0.717, 1.165) is 12.8 Å². The van der Waals surface area contributed by atoms with Crippen molar-refractivity contribution in [2.75, 3.05) is 6.54 Å². The summed E-state index contributed by atoms with van der Waals surface area (Å²) in [5, 5.41) is 8.85. The molecule has 2 rings (SSSR count). The van der Waals surface area contributed by atoms with Crippen LogP contribution in [0.2, 0.25) is 0 Å². The minimum Gasteiger partial charge on any atom is -0.477 e. The van der Waals surface area contributed by atoms with Crippen molar-refractivity contribution in [3.8, 4) is 0 Å². The molecule has 0 aliphatic heterocycles. The minimum atomic E-state index is -1.13. The van der Waals surface area contributed by atoms with Gasteiger partial charge in [0.2, 0.25) is 0 Å². The van der Waals surface area contributed by atoms with Crippen LogP contribution in [-0.4, -0.2) is 39.5 Å². The standard InChI is InChI=1S/C13H14N2O3/c1-2-7-15(10-3-4-10)12(16)9-5-6-14-11(8-9)13(17)18/h2,5-6,8,10H,1,3-4,7H2,(H,17,18). The first-order valence-corrected chi connectivity index (χ1v) is 5.74. The van der Waals surface area contributed by atoms with E-state index in [0.29, 0.717) is 12.1 Å². The Kier molecular flexibility index (Phi) is 3.41. The van der Waals surface area contributed by atoms with Gasteiger partial charge in [-0.1, -0.05) is 6.08 Å². The van der Waals surface area contributed by atoms with Gasteiger partial charge in [0.15, 0.2) is 0 Å². The Balaban J connectivity index is 2.23. The maximum absolute atomic E-state index is 12.2. The molecule has 0 saturated heterocycles. The fourth-order valence-electron chi connectivity index (χ4n) is 1.77. The number of carbonyl (C=O) groups excluding carboxylic acids is 1. The highest BCUT2D eigenvalue weighted by molar-refractivity contribution is 5.97. The molecular formula is C13H14N2O3. The van der Waals surface area contributed by atoms with Gasteiger partial charge in [0.1, 0.15) is 5.69 Å². The summed E-state index contributed by atoms with van der Waals surface area (Å²) >= 11 is 0. The Morgan fingerprint density at radius 3 is 2.83 bits per heavy atom. The first-order chi connectivity index (χ1) is 8.63. The fourth-order valence-corrected chi connectivity index (χ4v) is 1.77. The monoisotopic (exact) mass is 246 g/mol. The van der Waals surface area contributed by atoms with Gasteiger partial charge in [-0.25, -0.2) is 9.78 Å². The van der Waals surface area contributed by atoms with E-state index in [1.807, 2.05) is 0 Å². The van der Waals surface area contributed by atoms with E-state index in [-0.39, 0.29) is 17.6 Å². The second-order valence-electron chi connectivity index (χ2n) is 4.21. The number of carboxylic acid groups (broad SMARTS) is 1. The van der Waals surface area contributed by atoms with Crippen LogP contribution in [0, 0.1) is 0 Å². The molecule has 1 amide bonds. The van der Waals surface area contributed by atoms with Crippen LogP contribution < -0.4 is 0 Å². The molecule has 0 radical (unpaired) electrons. The number of nitrogens with zero attached hydrogens (tertiary/aromatic N) is 2. The van der Waals surface area contributed by atoms with Gasteiger partial charge in [-0.3, -0.25) is 4.79 Å². The van der Waals surface area contributed by atoms with Crippen molar-refractivity contribution in [3.05, 3.63) is 42.2 Å². The summed E-state index contributed by atoms with van der Waals surface area (Å²) < 4.78 is 0. The highest BCUT2D eigenvalue weighted by Crippen LogP contribution is 2.28. The Hall–Kier alpha value is -2.17. The van der Waals surface area contributed by atoms with Crippen LogP contribution >= 0.6 is 0 Å². The third-order valence-electron chi connectivity index (χ3n) is 2.80. The molecular weight excluding hydrogens is 232 g/mol. The van der Waals surface area contributed by atoms with Crippen LogP contribution in [0.15, 0.2) is 31.0 Å². The molecule has 1 heterocycles. The Bertz CT molecular complexity index is 495.